The Labute approximate surface area is 79.5 Å². The van der Waals surface area contributed by atoms with Gasteiger partial charge in [0.2, 0.25) is 0 Å². The second-order valence-electron chi connectivity index (χ2n) is 4.11. The van der Waals surface area contributed by atoms with Crippen LogP contribution >= 0.6 is 0 Å². The molecule has 0 aromatic carbocycles. The predicted molar refractivity (Wildman–Crippen MR) is 57.4 cm³/mol. The minimum atomic E-state index is 0.0839. The molecule has 0 unspecified atom stereocenters. The van der Waals surface area contributed by atoms with Crippen molar-refractivity contribution in [3.05, 3.63) is 30.0 Å². The van der Waals surface area contributed by atoms with Gasteiger partial charge in [0.25, 0.3) is 0 Å². The Morgan fingerprint density at radius 2 is 2.08 bits per heavy atom. The summed E-state index contributed by atoms with van der Waals surface area (Å²) in [4.78, 5) is 4.03. The largest absolute Gasteiger partial charge is 0.383 e. The number of hydrogen-bond donors (Lipinski definition) is 1. The van der Waals surface area contributed by atoms with Crippen LogP contribution < -0.4 is 5.73 Å². The molecule has 0 spiro atoms. The highest BCUT2D eigenvalue weighted by atomic mass is 14.8. The smallest absolute Gasteiger partial charge is 0.130 e. The van der Waals surface area contributed by atoms with Gasteiger partial charge in [-0.1, -0.05) is 33.4 Å². The van der Waals surface area contributed by atoms with Crippen molar-refractivity contribution >= 4 is 11.9 Å². The minimum absolute atomic E-state index is 0.0839. The van der Waals surface area contributed by atoms with Crippen LogP contribution in [0.2, 0.25) is 0 Å². The Morgan fingerprint density at radius 1 is 1.46 bits per heavy atom. The van der Waals surface area contributed by atoms with Gasteiger partial charge >= 0.3 is 0 Å². The summed E-state index contributed by atoms with van der Waals surface area (Å²) in [6.45, 7) is 10.2. The fourth-order valence-electron chi connectivity index (χ4n) is 1.36. The first-order valence-corrected chi connectivity index (χ1v) is 4.34. The van der Waals surface area contributed by atoms with E-state index in [0.29, 0.717) is 5.82 Å². The van der Waals surface area contributed by atoms with Gasteiger partial charge in [-0.2, -0.15) is 0 Å². The standard InChI is InChI=1S/C11H16N2/c1-5-8-9(11(2,3)4)6-7-13-10(8)12/h5-7H,1H2,2-4H3,(H2,12,13). The highest BCUT2D eigenvalue weighted by Crippen LogP contribution is 2.28. The number of nitrogen functional groups attached to an aromatic ring is 1. The van der Waals surface area contributed by atoms with Gasteiger partial charge in [0, 0.05) is 11.8 Å². The Morgan fingerprint density at radius 3 is 2.46 bits per heavy atom. The lowest BCUT2D eigenvalue weighted by Gasteiger charge is -2.21. The van der Waals surface area contributed by atoms with Crippen molar-refractivity contribution in [1.29, 1.82) is 0 Å². The van der Waals surface area contributed by atoms with Crippen LogP contribution in [0.5, 0.6) is 0 Å². The van der Waals surface area contributed by atoms with Gasteiger partial charge in [-0.25, -0.2) is 4.98 Å². The van der Waals surface area contributed by atoms with E-state index in [2.05, 4.69) is 32.3 Å². The summed E-state index contributed by atoms with van der Waals surface area (Å²) in [5.74, 6) is 0.558. The lowest BCUT2D eigenvalue weighted by Crippen LogP contribution is -2.14. The molecule has 0 radical (unpaired) electrons. The normalized spacial score (nSPS) is 11.3. The van der Waals surface area contributed by atoms with Crippen LogP contribution in [-0.2, 0) is 5.41 Å². The van der Waals surface area contributed by atoms with Crippen molar-refractivity contribution in [3.8, 4) is 0 Å². The Balaban J connectivity index is 3.37. The summed E-state index contributed by atoms with van der Waals surface area (Å²) in [5, 5.41) is 0. The number of nitrogens with zero attached hydrogens (tertiary/aromatic N) is 1. The van der Waals surface area contributed by atoms with Crippen LogP contribution in [0.4, 0.5) is 5.82 Å². The fraction of sp³-hybridized carbons (Fsp3) is 0.364. The molecule has 0 atom stereocenters. The van der Waals surface area contributed by atoms with E-state index in [1.165, 1.54) is 5.56 Å². The zero-order chi connectivity index (χ0) is 10.1. The summed E-state index contributed by atoms with van der Waals surface area (Å²) < 4.78 is 0. The van der Waals surface area contributed by atoms with Crippen molar-refractivity contribution in [2.45, 2.75) is 26.2 Å². The molecule has 0 amide bonds. The second kappa shape index (κ2) is 3.21. The van der Waals surface area contributed by atoms with Gasteiger partial charge in [0.1, 0.15) is 5.82 Å². The molecule has 0 saturated carbocycles. The first-order chi connectivity index (χ1) is 5.96. The fourth-order valence-corrected chi connectivity index (χ4v) is 1.36. The lowest BCUT2D eigenvalue weighted by molar-refractivity contribution is 0.588. The Kier molecular flexibility index (Phi) is 2.41. The summed E-state index contributed by atoms with van der Waals surface area (Å²) in [6, 6.07) is 1.99. The first kappa shape index (κ1) is 9.78. The van der Waals surface area contributed by atoms with E-state index < -0.39 is 0 Å². The lowest BCUT2D eigenvalue weighted by atomic mass is 9.84. The van der Waals surface area contributed by atoms with E-state index in [0.717, 1.165) is 5.56 Å². The highest BCUT2D eigenvalue weighted by Gasteiger charge is 2.17. The van der Waals surface area contributed by atoms with E-state index in [9.17, 15) is 0 Å². The van der Waals surface area contributed by atoms with Gasteiger partial charge < -0.3 is 5.73 Å². The van der Waals surface area contributed by atoms with E-state index in [4.69, 9.17) is 5.73 Å². The molecule has 1 aromatic heterocycles. The molecule has 1 aromatic rings. The predicted octanol–water partition coefficient (Wildman–Crippen LogP) is 2.60. The van der Waals surface area contributed by atoms with E-state index >= 15 is 0 Å². The molecule has 2 heteroatoms. The summed E-state index contributed by atoms with van der Waals surface area (Å²) in [7, 11) is 0. The number of rotatable bonds is 1. The quantitative estimate of drug-likeness (QED) is 0.714. The molecule has 0 bridgehead atoms. The van der Waals surface area contributed by atoms with Crippen LogP contribution in [0.15, 0.2) is 18.8 Å². The van der Waals surface area contributed by atoms with Crippen LogP contribution in [0.1, 0.15) is 31.9 Å². The number of nitrogens with two attached hydrogens (primary N) is 1. The van der Waals surface area contributed by atoms with Gasteiger partial charge in [-0.3, -0.25) is 0 Å². The van der Waals surface area contributed by atoms with E-state index in [1.807, 2.05) is 6.07 Å². The number of hydrogen-bond acceptors (Lipinski definition) is 2. The van der Waals surface area contributed by atoms with Crippen molar-refractivity contribution in [3.63, 3.8) is 0 Å². The molecular formula is C11H16N2. The molecular weight excluding hydrogens is 160 g/mol. The zero-order valence-electron chi connectivity index (χ0n) is 8.46. The maximum atomic E-state index is 5.75. The Hall–Kier alpha value is -1.31. The minimum Gasteiger partial charge on any atom is -0.383 e. The van der Waals surface area contributed by atoms with Crippen LogP contribution in [0.3, 0.4) is 0 Å². The molecule has 0 aliphatic rings. The molecule has 1 heterocycles. The number of pyridine rings is 1. The molecule has 0 saturated heterocycles. The van der Waals surface area contributed by atoms with Gasteiger partial charge in [-0.15, -0.1) is 0 Å². The van der Waals surface area contributed by atoms with Gasteiger partial charge in [0.05, 0.1) is 0 Å². The molecule has 13 heavy (non-hydrogen) atoms. The number of aromatic nitrogens is 1. The SMILES string of the molecule is C=Cc1c(C(C)(C)C)ccnc1N. The maximum Gasteiger partial charge on any atom is 0.130 e. The molecule has 2 N–H and O–H groups in total. The number of anilines is 1. The molecule has 70 valence electrons. The van der Waals surface area contributed by atoms with Crippen molar-refractivity contribution in [1.82, 2.24) is 4.98 Å². The molecule has 0 aliphatic carbocycles. The topological polar surface area (TPSA) is 38.9 Å². The van der Waals surface area contributed by atoms with Crippen LogP contribution in [0, 0.1) is 0 Å². The molecule has 2 nitrogen and oxygen atoms in total. The van der Waals surface area contributed by atoms with Gasteiger partial charge in [0.15, 0.2) is 0 Å². The molecule has 0 aliphatic heterocycles. The second-order valence-corrected chi connectivity index (χ2v) is 4.11. The molecule has 1 rings (SSSR count). The summed E-state index contributed by atoms with van der Waals surface area (Å²) in [5.41, 5.74) is 7.97. The van der Waals surface area contributed by atoms with Gasteiger partial charge in [-0.05, 0) is 17.0 Å². The highest BCUT2D eigenvalue weighted by molar-refractivity contribution is 5.64. The molecule has 0 fully saturated rings. The average Bonchev–Trinajstić information content (AvgIpc) is 2.02. The third-order valence-corrected chi connectivity index (χ3v) is 2.03. The van der Waals surface area contributed by atoms with Crippen molar-refractivity contribution < 1.29 is 0 Å². The van der Waals surface area contributed by atoms with Crippen molar-refractivity contribution in [2.75, 3.05) is 5.73 Å². The monoisotopic (exact) mass is 176 g/mol. The van der Waals surface area contributed by atoms with E-state index in [1.54, 1.807) is 12.3 Å². The van der Waals surface area contributed by atoms with Crippen LogP contribution in [0.25, 0.3) is 6.08 Å². The third-order valence-electron chi connectivity index (χ3n) is 2.03. The van der Waals surface area contributed by atoms with Crippen LogP contribution in [-0.4, -0.2) is 4.98 Å². The zero-order valence-corrected chi connectivity index (χ0v) is 8.46. The van der Waals surface area contributed by atoms with Crippen molar-refractivity contribution in [2.24, 2.45) is 0 Å². The maximum absolute atomic E-state index is 5.75. The average molecular weight is 176 g/mol. The summed E-state index contributed by atoms with van der Waals surface area (Å²) >= 11 is 0. The summed E-state index contributed by atoms with van der Waals surface area (Å²) in [6.07, 6.45) is 3.51. The third kappa shape index (κ3) is 1.89. The Bertz CT molecular complexity index is 321. The first-order valence-electron chi connectivity index (χ1n) is 4.34. The van der Waals surface area contributed by atoms with E-state index in [-0.39, 0.29) is 5.41 Å².